The summed E-state index contributed by atoms with van der Waals surface area (Å²) < 4.78 is 0. The number of hydrogen-bond donors (Lipinski definition) is 2. The molecule has 0 spiro atoms. The number of nitrogen functional groups attached to an aromatic ring is 1. The van der Waals surface area contributed by atoms with Gasteiger partial charge in [-0.05, 0) is 24.3 Å². The molecule has 1 amide bonds. The quantitative estimate of drug-likeness (QED) is 0.745. The van der Waals surface area contributed by atoms with Crippen molar-refractivity contribution in [2.75, 3.05) is 11.1 Å². The van der Waals surface area contributed by atoms with Crippen molar-refractivity contribution in [1.82, 2.24) is 9.97 Å². The Labute approximate surface area is 115 Å². The Kier molecular flexibility index (Phi) is 3.01. The standard InChI is InChI=1S/C15H12N4O/c16-12-8-14(19-13-6-2-1-5-11(12)13)15(20)18-10-4-3-7-17-9-10/h1-9H,(H2,16,19)(H,18,20). The molecule has 0 aliphatic carbocycles. The van der Waals surface area contributed by atoms with Crippen LogP contribution in [0.25, 0.3) is 10.9 Å². The summed E-state index contributed by atoms with van der Waals surface area (Å²) in [6, 6.07) is 12.5. The van der Waals surface area contributed by atoms with Gasteiger partial charge in [-0.1, -0.05) is 18.2 Å². The van der Waals surface area contributed by atoms with E-state index in [9.17, 15) is 4.79 Å². The average Bonchev–Trinajstić information content (AvgIpc) is 2.48. The summed E-state index contributed by atoms with van der Waals surface area (Å²) in [5.41, 5.74) is 8.09. The minimum Gasteiger partial charge on any atom is -0.398 e. The molecule has 0 atom stereocenters. The van der Waals surface area contributed by atoms with Gasteiger partial charge in [-0.3, -0.25) is 9.78 Å². The largest absolute Gasteiger partial charge is 0.398 e. The molecule has 5 nitrogen and oxygen atoms in total. The minimum absolute atomic E-state index is 0.282. The van der Waals surface area contributed by atoms with Gasteiger partial charge in [-0.15, -0.1) is 0 Å². The Balaban J connectivity index is 1.96. The highest BCUT2D eigenvalue weighted by Gasteiger charge is 2.10. The zero-order valence-electron chi connectivity index (χ0n) is 10.6. The van der Waals surface area contributed by atoms with Gasteiger partial charge in [0.1, 0.15) is 5.69 Å². The van der Waals surface area contributed by atoms with E-state index in [1.165, 1.54) is 0 Å². The number of carbonyl (C=O) groups excluding carboxylic acids is 1. The van der Waals surface area contributed by atoms with Gasteiger partial charge in [0.15, 0.2) is 0 Å². The molecule has 5 heteroatoms. The SMILES string of the molecule is Nc1cc(C(=O)Nc2cccnc2)nc2ccccc12. The van der Waals surface area contributed by atoms with Crippen LogP contribution in [0.1, 0.15) is 10.5 Å². The number of para-hydroxylation sites is 1. The summed E-state index contributed by atoms with van der Waals surface area (Å²) in [6.45, 7) is 0. The van der Waals surface area contributed by atoms with Crippen LogP contribution in [-0.4, -0.2) is 15.9 Å². The number of anilines is 2. The number of nitrogens with two attached hydrogens (primary N) is 1. The number of carbonyl (C=O) groups is 1. The highest BCUT2D eigenvalue weighted by Crippen LogP contribution is 2.20. The molecule has 0 fully saturated rings. The number of aromatic nitrogens is 2. The Bertz CT molecular complexity index is 771. The Hall–Kier alpha value is -2.95. The Morgan fingerprint density at radius 2 is 2.00 bits per heavy atom. The maximum absolute atomic E-state index is 12.2. The maximum atomic E-state index is 12.2. The van der Waals surface area contributed by atoms with E-state index in [2.05, 4.69) is 15.3 Å². The average molecular weight is 264 g/mol. The molecule has 3 aromatic rings. The third-order valence-corrected chi connectivity index (χ3v) is 2.90. The topological polar surface area (TPSA) is 80.9 Å². The number of rotatable bonds is 2. The molecule has 1 aromatic carbocycles. The number of fused-ring (bicyclic) bond motifs is 1. The van der Waals surface area contributed by atoms with E-state index in [0.29, 0.717) is 16.9 Å². The van der Waals surface area contributed by atoms with Crippen molar-refractivity contribution in [2.45, 2.75) is 0 Å². The first-order valence-corrected chi connectivity index (χ1v) is 6.11. The van der Waals surface area contributed by atoms with E-state index in [0.717, 1.165) is 5.39 Å². The normalized spacial score (nSPS) is 10.4. The van der Waals surface area contributed by atoms with Crippen LogP contribution >= 0.6 is 0 Å². The molecule has 0 aliphatic rings. The van der Waals surface area contributed by atoms with E-state index >= 15 is 0 Å². The van der Waals surface area contributed by atoms with E-state index in [-0.39, 0.29) is 11.6 Å². The fraction of sp³-hybridized carbons (Fsp3) is 0. The number of hydrogen-bond acceptors (Lipinski definition) is 4. The molecule has 3 rings (SSSR count). The predicted molar refractivity (Wildman–Crippen MR) is 78.3 cm³/mol. The van der Waals surface area contributed by atoms with Gasteiger partial charge >= 0.3 is 0 Å². The van der Waals surface area contributed by atoms with Crippen LogP contribution in [0.15, 0.2) is 54.9 Å². The second-order valence-electron chi connectivity index (χ2n) is 4.31. The second kappa shape index (κ2) is 4.97. The van der Waals surface area contributed by atoms with Gasteiger partial charge in [-0.25, -0.2) is 4.98 Å². The van der Waals surface area contributed by atoms with Crippen molar-refractivity contribution in [3.8, 4) is 0 Å². The minimum atomic E-state index is -0.310. The van der Waals surface area contributed by atoms with Crippen LogP contribution in [0.5, 0.6) is 0 Å². The summed E-state index contributed by atoms with van der Waals surface area (Å²) in [5.74, 6) is -0.310. The number of nitrogens with one attached hydrogen (secondary N) is 1. The molecule has 0 saturated heterocycles. The van der Waals surface area contributed by atoms with Gasteiger partial charge in [0.25, 0.3) is 5.91 Å². The van der Waals surface area contributed by atoms with Crippen molar-refractivity contribution < 1.29 is 4.79 Å². The molecule has 0 bridgehead atoms. The number of pyridine rings is 2. The van der Waals surface area contributed by atoms with Crippen LogP contribution in [0.4, 0.5) is 11.4 Å². The van der Waals surface area contributed by atoms with Gasteiger partial charge in [0, 0.05) is 17.3 Å². The van der Waals surface area contributed by atoms with Crippen molar-refractivity contribution >= 4 is 28.2 Å². The predicted octanol–water partition coefficient (Wildman–Crippen LogP) is 2.46. The lowest BCUT2D eigenvalue weighted by molar-refractivity contribution is 0.102. The molecule has 2 aromatic heterocycles. The van der Waals surface area contributed by atoms with Gasteiger partial charge in [0.05, 0.1) is 17.4 Å². The van der Waals surface area contributed by atoms with Crippen LogP contribution in [0, 0.1) is 0 Å². The van der Waals surface area contributed by atoms with Gasteiger partial charge in [-0.2, -0.15) is 0 Å². The number of nitrogens with zero attached hydrogens (tertiary/aromatic N) is 2. The zero-order chi connectivity index (χ0) is 13.9. The molecule has 2 heterocycles. The monoisotopic (exact) mass is 264 g/mol. The van der Waals surface area contributed by atoms with Gasteiger partial charge < -0.3 is 11.1 Å². The molecule has 0 unspecified atom stereocenters. The third-order valence-electron chi connectivity index (χ3n) is 2.90. The fourth-order valence-corrected chi connectivity index (χ4v) is 1.95. The summed E-state index contributed by atoms with van der Waals surface area (Å²) in [6.07, 6.45) is 3.21. The highest BCUT2D eigenvalue weighted by atomic mass is 16.1. The lowest BCUT2D eigenvalue weighted by Crippen LogP contribution is -2.14. The molecule has 0 radical (unpaired) electrons. The smallest absolute Gasteiger partial charge is 0.274 e. The van der Waals surface area contributed by atoms with Crippen molar-refractivity contribution in [3.63, 3.8) is 0 Å². The number of benzene rings is 1. The van der Waals surface area contributed by atoms with Crippen molar-refractivity contribution in [2.24, 2.45) is 0 Å². The Morgan fingerprint density at radius 3 is 2.80 bits per heavy atom. The lowest BCUT2D eigenvalue weighted by Gasteiger charge is -2.07. The highest BCUT2D eigenvalue weighted by molar-refractivity contribution is 6.05. The van der Waals surface area contributed by atoms with Crippen LogP contribution < -0.4 is 11.1 Å². The first-order valence-electron chi connectivity index (χ1n) is 6.11. The first kappa shape index (κ1) is 12.1. The third kappa shape index (κ3) is 2.29. The fourth-order valence-electron chi connectivity index (χ4n) is 1.95. The van der Waals surface area contributed by atoms with Crippen molar-refractivity contribution in [1.29, 1.82) is 0 Å². The molecular weight excluding hydrogens is 252 g/mol. The van der Waals surface area contributed by atoms with E-state index in [4.69, 9.17) is 5.73 Å². The van der Waals surface area contributed by atoms with Crippen molar-refractivity contribution in [3.05, 3.63) is 60.6 Å². The zero-order valence-corrected chi connectivity index (χ0v) is 10.6. The lowest BCUT2D eigenvalue weighted by atomic mass is 10.1. The maximum Gasteiger partial charge on any atom is 0.274 e. The number of amides is 1. The summed E-state index contributed by atoms with van der Waals surface area (Å²) in [4.78, 5) is 20.4. The molecule has 0 aliphatic heterocycles. The van der Waals surface area contributed by atoms with Gasteiger partial charge in [0.2, 0.25) is 0 Å². The second-order valence-corrected chi connectivity index (χ2v) is 4.31. The molecule has 3 N–H and O–H groups in total. The van der Waals surface area contributed by atoms with E-state index in [1.54, 1.807) is 30.6 Å². The summed E-state index contributed by atoms with van der Waals surface area (Å²) in [5, 5.41) is 3.57. The summed E-state index contributed by atoms with van der Waals surface area (Å²) in [7, 11) is 0. The van der Waals surface area contributed by atoms with Crippen LogP contribution in [0.2, 0.25) is 0 Å². The summed E-state index contributed by atoms with van der Waals surface area (Å²) >= 11 is 0. The Morgan fingerprint density at radius 1 is 1.15 bits per heavy atom. The van der Waals surface area contributed by atoms with E-state index < -0.39 is 0 Å². The molecule has 20 heavy (non-hydrogen) atoms. The van der Waals surface area contributed by atoms with E-state index in [1.807, 2.05) is 24.3 Å². The van der Waals surface area contributed by atoms with Crippen LogP contribution in [-0.2, 0) is 0 Å². The molecule has 0 saturated carbocycles. The first-order chi connectivity index (χ1) is 9.74. The molecule has 98 valence electrons. The molecular formula is C15H12N4O. The van der Waals surface area contributed by atoms with Crippen LogP contribution in [0.3, 0.4) is 0 Å².